The molecule has 110 valence electrons. The van der Waals surface area contributed by atoms with Gasteiger partial charge in [0.2, 0.25) is 5.88 Å². The highest BCUT2D eigenvalue weighted by atomic mass is 32.2. The Morgan fingerprint density at radius 1 is 0.909 bits per heavy atom. The molecule has 0 amide bonds. The van der Waals surface area contributed by atoms with Gasteiger partial charge in [-0.05, 0) is 18.4 Å². The van der Waals surface area contributed by atoms with Crippen molar-refractivity contribution in [3.8, 4) is 23.0 Å². The topological polar surface area (TPSA) is 35.0 Å². The Labute approximate surface area is 134 Å². The van der Waals surface area contributed by atoms with Gasteiger partial charge in [0.25, 0.3) is 0 Å². The SMILES string of the molecule is CSCc1cc(Oc2ccccc2)nc(-c2ccccc2)n1. The first-order valence-electron chi connectivity index (χ1n) is 7.00. The second-order valence-corrected chi connectivity index (χ2v) is 5.60. The predicted octanol–water partition coefficient (Wildman–Crippen LogP) is 4.80. The highest BCUT2D eigenvalue weighted by Crippen LogP contribution is 2.24. The van der Waals surface area contributed by atoms with E-state index in [1.807, 2.05) is 66.7 Å². The lowest BCUT2D eigenvalue weighted by molar-refractivity contribution is 0.461. The monoisotopic (exact) mass is 308 g/mol. The van der Waals surface area contributed by atoms with Gasteiger partial charge in [0.15, 0.2) is 5.82 Å². The first-order valence-corrected chi connectivity index (χ1v) is 8.40. The Bertz CT molecular complexity index is 733. The fraction of sp³-hybridized carbons (Fsp3) is 0.111. The number of rotatable bonds is 5. The molecular weight excluding hydrogens is 292 g/mol. The predicted molar refractivity (Wildman–Crippen MR) is 91.2 cm³/mol. The molecule has 0 aliphatic rings. The van der Waals surface area contributed by atoms with E-state index in [4.69, 9.17) is 4.74 Å². The van der Waals surface area contributed by atoms with Gasteiger partial charge in [0, 0.05) is 17.4 Å². The molecule has 0 saturated carbocycles. The molecule has 22 heavy (non-hydrogen) atoms. The van der Waals surface area contributed by atoms with Crippen LogP contribution in [0, 0.1) is 0 Å². The third-order valence-electron chi connectivity index (χ3n) is 3.05. The molecule has 0 saturated heterocycles. The van der Waals surface area contributed by atoms with Crippen LogP contribution in [-0.4, -0.2) is 16.2 Å². The van der Waals surface area contributed by atoms with Crippen LogP contribution in [0.2, 0.25) is 0 Å². The van der Waals surface area contributed by atoms with E-state index < -0.39 is 0 Å². The van der Waals surface area contributed by atoms with Gasteiger partial charge >= 0.3 is 0 Å². The number of thioether (sulfide) groups is 1. The van der Waals surface area contributed by atoms with Gasteiger partial charge in [-0.15, -0.1) is 0 Å². The minimum Gasteiger partial charge on any atom is -0.439 e. The fourth-order valence-corrected chi connectivity index (χ4v) is 2.52. The minimum absolute atomic E-state index is 0.573. The maximum Gasteiger partial charge on any atom is 0.223 e. The Hall–Kier alpha value is -2.33. The molecule has 0 atom stereocenters. The minimum atomic E-state index is 0.573. The molecule has 2 aromatic carbocycles. The lowest BCUT2D eigenvalue weighted by atomic mass is 10.2. The Balaban J connectivity index is 1.97. The van der Waals surface area contributed by atoms with Gasteiger partial charge in [-0.3, -0.25) is 0 Å². The van der Waals surface area contributed by atoms with E-state index in [0.29, 0.717) is 11.7 Å². The Kier molecular flexibility index (Phi) is 4.71. The third kappa shape index (κ3) is 3.65. The van der Waals surface area contributed by atoms with Gasteiger partial charge in [0.1, 0.15) is 5.75 Å². The van der Waals surface area contributed by atoms with Crippen molar-refractivity contribution in [1.29, 1.82) is 0 Å². The lowest BCUT2D eigenvalue weighted by Gasteiger charge is -2.09. The molecule has 0 unspecified atom stereocenters. The number of nitrogens with zero attached hydrogens (tertiary/aromatic N) is 2. The molecule has 3 nitrogen and oxygen atoms in total. The molecule has 4 heteroatoms. The standard InChI is InChI=1S/C18H16N2OS/c1-22-13-15-12-17(21-16-10-6-3-7-11-16)20-18(19-15)14-8-4-2-5-9-14/h2-12H,13H2,1H3. The summed E-state index contributed by atoms with van der Waals surface area (Å²) in [6.45, 7) is 0. The summed E-state index contributed by atoms with van der Waals surface area (Å²) in [5.41, 5.74) is 1.95. The van der Waals surface area contributed by atoms with Gasteiger partial charge in [-0.25, -0.2) is 4.98 Å². The number of hydrogen-bond donors (Lipinski definition) is 0. The highest BCUT2D eigenvalue weighted by Gasteiger charge is 2.08. The van der Waals surface area contributed by atoms with Crippen LogP contribution >= 0.6 is 11.8 Å². The van der Waals surface area contributed by atoms with E-state index in [0.717, 1.165) is 22.8 Å². The second-order valence-electron chi connectivity index (χ2n) is 4.74. The molecule has 0 spiro atoms. The van der Waals surface area contributed by atoms with Crippen LogP contribution in [-0.2, 0) is 5.75 Å². The molecule has 1 aromatic heterocycles. The average molecular weight is 308 g/mol. The molecule has 0 aliphatic carbocycles. The van der Waals surface area contributed by atoms with Crippen molar-refractivity contribution in [3.63, 3.8) is 0 Å². The van der Waals surface area contributed by atoms with Crippen molar-refractivity contribution >= 4 is 11.8 Å². The van der Waals surface area contributed by atoms with Gasteiger partial charge < -0.3 is 4.74 Å². The van der Waals surface area contributed by atoms with Crippen LogP contribution in [0.1, 0.15) is 5.69 Å². The van der Waals surface area contributed by atoms with Crippen LogP contribution in [0.4, 0.5) is 0 Å². The number of hydrogen-bond acceptors (Lipinski definition) is 4. The molecule has 0 radical (unpaired) electrons. The molecule has 3 rings (SSSR count). The summed E-state index contributed by atoms with van der Waals surface area (Å²) in [6.07, 6.45) is 2.06. The van der Waals surface area contributed by atoms with Gasteiger partial charge in [-0.2, -0.15) is 16.7 Å². The third-order valence-corrected chi connectivity index (χ3v) is 3.63. The van der Waals surface area contributed by atoms with Crippen LogP contribution in [0.3, 0.4) is 0 Å². The average Bonchev–Trinajstić information content (AvgIpc) is 2.57. The quantitative estimate of drug-likeness (QED) is 0.678. The Morgan fingerprint density at radius 2 is 1.59 bits per heavy atom. The zero-order chi connectivity index (χ0) is 15.2. The second kappa shape index (κ2) is 7.09. The molecular formula is C18H16N2OS. The van der Waals surface area contributed by atoms with Crippen molar-refractivity contribution in [1.82, 2.24) is 9.97 Å². The van der Waals surface area contributed by atoms with E-state index in [1.165, 1.54) is 0 Å². The first kappa shape index (κ1) is 14.6. The number of aromatic nitrogens is 2. The summed E-state index contributed by atoms with van der Waals surface area (Å²) in [5.74, 6) is 2.87. The van der Waals surface area contributed by atoms with E-state index in [-0.39, 0.29) is 0 Å². The first-order chi connectivity index (χ1) is 10.8. The normalized spacial score (nSPS) is 10.4. The summed E-state index contributed by atoms with van der Waals surface area (Å²) >= 11 is 1.73. The van der Waals surface area contributed by atoms with Crippen molar-refractivity contribution in [2.45, 2.75) is 5.75 Å². The molecule has 3 aromatic rings. The van der Waals surface area contributed by atoms with Crippen LogP contribution < -0.4 is 4.74 Å². The van der Waals surface area contributed by atoms with Crippen molar-refractivity contribution in [3.05, 3.63) is 72.4 Å². The summed E-state index contributed by atoms with van der Waals surface area (Å²) in [6, 6.07) is 21.5. The van der Waals surface area contributed by atoms with Crippen molar-refractivity contribution in [2.75, 3.05) is 6.26 Å². The zero-order valence-corrected chi connectivity index (χ0v) is 13.1. The number of benzene rings is 2. The number of para-hydroxylation sites is 1. The number of ether oxygens (including phenoxy) is 1. The van der Waals surface area contributed by atoms with E-state index in [2.05, 4.69) is 16.2 Å². The highest BCUT2D eigenvalue weighted by molar-refractivity contribution is 7.97. The van der Waals surface area contributed by atoms with Crippen molar-refractivity contribution < 1.29 is 4.74 Å². The molecule has 0 fully saturated rings. The lowest BCUT2D eigenvalue weighted by Crippen LogP contribution is -1.98. The van der Waals surface area contributed by atoms with E-state index in [9.17, 15) is 0 Å². The Morgan fingerprint density at radius 3 is 2.27 bits per heavy atom. The summed E-state index contributed by atoms with van der Waals surface area (Å²) in [5, 5.41) is 0. The van der Waals surface area contributed by atoms with Crippen LogP contribution in [0.5, 0.6) is 11.6 Å². The molecule has 0 N–H and O–H groups in total. The summed E-state index contributed by atoms with van der Waals surface area (Å²) in [7, 11) is 0. The van der Waals surface area contributed by atoms with Gasteiger partial charge in [-0.1, -0.05) is 48.5 Å². The summed E-state index contributed by atoms with van der Waals surface area (Å²) in [4.78, 5) is 9.16. The van der Waals surface area contributed by atoms with Crippen LogP contribution in [0.15, 0.2) is 66.7 Å². The van der Waals surface area contributed by atoms with E-state index in [1.54, 1.807) is 11.8 Å². The zero-order valence-electron chi connectivity index (χ0n) is 12.3. The maximum atomic E-state index is 5.87. The molecule has 0 aliphatic heterocycles. The molecule has 0 bridgehead atoms. The smallest absolute Gasteiger partial charge is 0.223 e. The fourth-order valence-electron chi connectivity index (χ4n) is 2.07. The van der Waals surface area contributed by atoms with E-state index >= 15 is 0 Å². The largest absolute Gasteiger partial charge is 0.439 e. The van der Waals surface area contributed by atoms with Gasteiger partial charge in [0.05, 0.1) is 5.69 Å². The maximum absolute atomic E-state index is 5.87. The van der Waals surface area contributed by atoms with Crippen molar-refractivity contribution in [2.24, 2.45) is 0 Å². The summed E-state index contributed by atoms with van der Waals surface area (Å²) < 4.78 is 5.87. The van der Waals surface area contributed by atoms with Crippen LogP contribution in [0.25, 0.3) is 11.4 Å². The molecule has 1 heterocycles.